The Morgan fingerprint density at radius 1 is 1.29 bits per heavy atom. The number of halogens is 1. The van der Waals surface area contributed by atoms with E-state index < -0.39 is 0 Å². The summed E-state index contributed by atoms with van der Waals surface area (Å²) in [4.78, 5) is 6.25. The molecule has 1 aromatic carbocycles. The molecule has 0 aromatic heterocycles. The zero-order valence-electron chi connectivity index (χ0n) is 15.1. The predicted octanol–water partition coefficient (Wildman–Crippen LogP) is 2.37. The summed E-state index contributed by atoms with van der Waals surface area (Å²) in [5, 5.41) is 6.57. The minimum absolute atomic E-state index is 0.185. The molecule has 1 atom stereocenters. The van der Waals surface area contributed by atoms with Gasteiger partial charge in [0.05, 0.1) is 18.9 Å². The first kappa shape index (κ1) is 18.5. The molecule has 1 unspecified atom stereocenters. The molecule has 2 rings (SSSR count). The van der Waals surface area contributed by atoms with Gasteiger partial charge in [-0.05, 0) is 30.5 Å². The number of guanidine groups is 1. The third kappa shape index (κ3) is 5.09. The van der Waals surface area contributed by atoms with Crippen LogP contribution >= 0.6 is 0 Å². The van der Waals surface area contributed by atoms with Crippen LogP contribution in [0.2, 0.25) is 0 Å². The first-order chi connectivity index (χ1) is 11.5. The van der Waals surface area contributed by atoms with Crippen molar-refractivity contribution in [2.75, 3.05) is 38.3 Å². The van der Waals surface area contributed by atoms with Crippen molar-refractivity contribution in [3.63, 3.8) is 0 Å². The molecule has 2 N–H and O–H groups in total. The standard InChI is InChI=1S/C18H29FN4O/c1-13(2)14(3)22-18(20-4)21-12-15-5-6-17(16(19)11-15)23-7-9-24-10-8-23/h5-6,11,13-14H,7-10,12H2,1-4H3,(H2,20,21,22). The van der Waals surface area contributed by atoms with Crippen molar-refractivity contribution in [2.45, 2.75) is 33.4 Å². The molecule has 1 aliphatic heterocycles. The SMILES string of the molecule is CN=C(NCc1ccc(N2CCOCC2)c(F)c1)NC(C)C(C)C. The van der Waals surface area contributed by atoms with Crippen molar-refractivity contribution < 1.29 is 9.13 Å². The second kappa shape index (κ2) is 8.87. The maximum absolute atomic E-state index is 14.4. The van der Waals surface area contributed by atoms with E-state index in [-0.39, 0.29) is 5.82 Å². The molecule has 1 heterocycles. The molecule has 0 radical (unpaired) electrons. The van der Waals surface area contributed by atoms with E-state index in [9.17, 15) is 4.39 Å². The number of ether oxygens (including phenoxy) is 1. The lowest BCUT2D eigenvalue weighted by Crippen LogP contribution is -2.43. The van der Waals surface area contributed by atoms with Crippen LogP contribution in [0.25, 0.3) is 0 Å². The fraction of sp³-hybridized carbons (Fsp3) is 0.611. The summed E-state index contributed by atoms with van der Waals surface area (Å²) in [5.41, 5.74) is 1.54. The zero-order chi connectivity index (χ0) is 17.5. The smallest absolute Gasteiger partial charge is 0.191 e. The largest absolute Gasteiger partial charge is 0.378 e. The monoisotopic (exact) mass is 336 g/mol. The molecule has 1 aliphatic rings. The lowest BCUT2D eigenvalue weighted by molar-refractivity contribution is 0.122. The van der Waals surface area contributed by atoms with Crippen LogP contribution in [0.15, 0.2) is 23.2 Å². The highest BCUT2D eigenvalue weighted by molar-refractivity contribution is 5.79. The van der Waals surface area contributed by atoms with E-state index in [1.54, 1.807) is 13.1 Å². The average Bonchev–Trinajstić information content (AvgIpc) is 2.59. The van der Waals surface area contributed by atoms with E-state index >= 15 is 0 Å². The fourth-order valence-corrected chi connectivity index (χ4v) is 2.48. The van der Waals surface area contributed by atoms with Gasteiger partial charge in [0.15, 0.2) is 5.96 Å². The highest BCUT2D eigenvalue weighted by Gasteiger charge is 2.15. The molecule has 0 spiro atoms. The molecule has 0 bridgehead atoms. The van der Waals surface area contributed by atoms with Gasteiger partial charge in [-0.1, -0.05) is 19.9 Å². The maximum atomic E-state index is 14.4. The van der Waals surface area contributed by atoms with Crippen molar-refractivity contribution in [1.82, 2.24) is 10.6 Å². The van der Waals surface area contributed by atoms with E-state index in [0.717, 1.165) is 24.6 Å². The summed E-state index contributed by atoms with van der Waals surface area (Å²) in [6.45, 7) is 9.74. The second-order valence-electron chi connectivity index (χ2n) is 6.49. The lowest BCUT2D eigenvalue weighted by Gasteiger charge is -2.29. The van der Waals surface area contributed by atoms with Crippen molar-refractivity contribution in [3.8, 4) is 0 Å². The number of rotatable bonds is 5. The van der Waals surface area contributed by atoms with Crippen LogP contribution in [-0.2, 0) is 11.3 Å². The highest BCUT2D eigenvalue weighted by atomic mass is 19.1. The Bertz CT molecular complexity index is 556. The maximum Gasteiger partial charge on any atom is 0.191 e. The molecular formula is C18H29FN4O. The molecule has 0 amide bonds. The Morgan fingerprint density at radius 2 is 2.00 bits per heavy atom. The summed E-state index contributed by atoms with van der Waals surface area (Å²) in [6, 6.07) is 5.72. The van der Waals surface area contributed by atoms with E-state index in [2.05, 4.69) is 36.4 Å². The van der Waals surface area contributed by atoms with E-state index in [1.165, 1.54) is 0 Å². The summed E-state index contributed by atoms with van der Waals surface area (Å²) in [5.74, 6) is 1.05. The van der Waals surface area contributed by atoms with Crippen LogP contribution < -0.4 is 15.5 Å². The quantitative estimate of drug-likeness (QED) is 0.640. The summed E-state index contributed by atoms with van der Waals surface area (Å²) in [6.07, 6.45) is 0. The minimum atomic E-state index is -0.185. The molecule has 1 aromatic rings. The molecule has 0 saturated carbocycles. The van der Waals surface area contributed by atoms with Crippen LogP contribution in [-0.4, -0.2) is 45.4 Å². The second-order valence-corrected chi connectivity index (χ2v) is 6.49. The molecular weight excluding hydrogens is 307 g/mol. The molecule has 6 heteroatoms. The summed E-state index contributed by atoms with van der Waals surface area (Å²) < 4.78 is 19.7. The number of aliphatic imine (C=N–C) groups is 1. The molecule has 134 valence electrons. The Hall–Kier alpha value is -1.82. The fourth-order valence-electron chi connectivity index (χ4n) is 2.48. The zero-order valence-corrected chi connectivity index (χ0v) is 15.1. The Morgan fingerprint density at radius 3 is 2.58 bits per heavy atom. The Labute approximate surface area is 144 Å². The van der Waals surface area contributed by atoms with Crippen LogP contribution in [0.1, 0.15) is 26.3 Å². The van der Waals surface area contributed by atoms with Gasteiger partial charge in [0.25, 0.3) is 0 Å². The highest BCUT2D eigenvalue weighted by Crippen LogP contribution is 2.21. The van der Waals surface area contributed by atoms with Gasteiger partial charge < -0.3 is 20.3 Å². The van der Waals surface area contributed by atoms with Crippen LogP contribution in [0, 0.1) is 11.7 Å². The first-order valence-electron chi connectivity index (χ1n) is 8.59. The number of anilines is 1. The summed E-state index contributed by atoms with van der Waals surface area (Å²) in [7, 11) is 1.74. The molecule has 0 aliphatic carbocycles. The van der Waals surface area contributed by atoms with Crippen LogP contribution in [0.4, 0.5) is 10.1 Å². The van der Waals surface area contributed by atoms with Gasteiger partial charge >= 0.3 is 0 Å². The number of hydrogen-bond donors (Lipinski definition) is 2. The third-order valence-electron chi connectivity index (χ3n) is 4.41. The van der Waals surface area contributed by atoms with Gasteiger partial charge in [0.2, 0.25) is 0 Å². The predicted molar refractivity (Wildman–Crippen MR) is 97.1 cm³/mol. The molecule has 5 nitrogen and oxygen atoms in total. The third-order valence-corrected chi connectivity index (χ3v) is 4.41. The van der Waals surface area contributed by atoms with Gasteiger partial charge in [-0.3, -0.25) is 4.99 Å². The van der Waals surface area contributed by atoms with E-state index in [1.807, 2.05) is 17.0 Å². The first-order valence-corrected chi connectivity index (χ1v) is 8.59. The van der Waals surface area contributed by atoms with Crippen molar-refractivity contribution in [3.05, 3.63) is 29.6 Å². The van der Waals surface area contributed by atoms with Gasteiger partial charge in [-0.15, -0.1) is 0 Å². The number of morpholine rings is 1. The average molecular weight is 336 g/mol. The number of nitrogens with one attached hydrogen (secondary N) is 2. The van der Waals surface area contributed by atoms with Gasteiger partial charge in [0.1, 0.15) is 5.82 Å². The summed E-state index contributed by atoms with van der Waals surface area (Å²) >= 11 is 0. The van der Waals surface area contributed by atoms with Crippen LogP contribution in [0.5, 0.6) is 0 Å². The number of hydrogen-bond acceptors (Lipinski definition) is 3. The number of benzene rings is 1. The van der Waals surface area contributed by atoms with E-state index in [0.29, 0.717) is 37.4 Å². The lowest BCUT2D eigenvalue weighted by atomic mass is 10.1. The minimum Gasteiger partial charge on any atom is -0.378 e. The Balaban J connectivity index is 1.94. The van der Waals surface area contributed by atoms with Gasteiger partial charge in [-0.25, -0.2) is 4.39 Å². The molecule has 1 fully saturated rings. The van der Waals surface area contributed by atoms with Crippen molar-refractivity contribution in [1.29, 1.82) is 0 Å². The normalized spacial score (nSPS) is 17.1. The van der Waals surface area contributed by atoms with Gasteiger partial charge in [-0.2, -0.15) is 0 Å². The Kier molecular flexibility index (Phi) is 6.85. The van der Waals surface area contributed by atoms with Crippen molar-refractivity contribution >= 4 is 11.6 Å². The molecule has 1 saturated heterocycles. The number of nitrogens with zero attached hydrogens (tertiary/aromatic N) is 2. The van der Waals surface area contributed by atoms with Crippen molar-refractivity contribution in [2.24, 2.45) is 10.9 Å². The molecule has 24 heavy (non-hydrogen) atoms. The topological polar surface area (TPSA) is 48.9 Å². The van der Waals surface area contributed by atoms with E-state index in [4.69, 9.17) is 4.74 Å². The van der Waals surface area contributed by atoms with Crippen LogP contribution in [0.3, 0.4) is 0 Å². The van der Waals surface area contributed by atoms with Gasteiger partial charge in [0, 0.05) is 32.7 Å².